The second-order valence-electron chi connectivity index (χ2n) is 6.60. The second kappa shape index (κ2) is 7.87. The van der Waals surface area contributed by atoms with Crippen LogP contribution in [0.1, 0.15) is 54.5 Å². The fourth-order valence-corrected chi connectivity index (χ4v) is 4.43. The van der Waals surface area contributed by atoms with Gasteiger partial charge in [0, 0.05) is 11.7 Å². The number of nitrogens with zero attached hydrogens (tertiary/aromatic N) is 2. The number of hydrogen-bond acceptors (Lipinski definition) is 5. The van der Waals surface area contributed by atoms with E-state index in [4.69, 9.17) is 0 Å². The first-order valence-corrected chi connectivity index (χ1v) is 9.72. The molecule has 0 atom stereocenters. The van der Waals surface area contributed by atoms with E-state index in [0.29, 0.717) is 10.6 Å². The Morgan fingerprint density at radius 1 is 1.28 bits per heavy atom. The average molecular weight is 358 g/mol. The molecule has 0 aromatic carbocycles. The summed E-state index contributed by atoms with van der Waals surface area (Å²) in [7, 11) is 0. The molecular weight excluding hydrogens is 336 g/mol. The number of carbonyl (C=O) groups excluding carboxylic acids is 2. The van der Waals surface area contributed by atoms with Gasteiger partial charge < -0.3 is 5.32 Å². The van der Waals surface area contributed by atoms with Gasteiger partial charge >= 0.3 is 6.03 Å². The number of nitrogens with one attached hydrogen (secondary N) is 2. The topological polar surface area (TPSA) is 94.9 Å². The van der Waals surface area contributed by atoms with E-state index in [2.05, 4.69) is 21.7 Å². The van der Waals surface area contributed by atoms with Crippen LogP contribution in [0.5, 0.6) is 0 Å². The lowest BCUT2D eigenvalue weighted by molar-refractivity contribution is -0.117. The summed E-state index contributed by atoms with van der Waals surface area (Å²) in [6.07, 6.45) is 7.13. The fourth-order valence-electron chi connectivity index (χ4n) is 3.57. The molecule has 1 aromatic heterocycles. The summed E-state index contributed by atoms with van der Waals surface area (Å²) in [5, 5.41) is 15.2. The molecule has 0 spiro atoms. The highest BCUT2D eigenvalue weighted by atomic mass is 32.2. The van der Waals surface area contributed by atoms with Crippen LogP contribution in [0.3, 0.4) is 0 Å². The predicted molar refractivity (Wildman–Crippen MR) is 95.4 cm³/mol. The lowest BCUT2D eigenvalue weighted by Crippen LogP contribution is -2.44. The van der Waals surface area contributed by atoms with E-state index in [1.807, 2.05) is 6.92 Å². The lowest BCUT2D eigenvalue weighted by atomic mass is 10.0. The molecule has 1 saturated carbocycles. The van der Waals surface area contributed by atoms with Gasteiger partial charge in [-0.05, 0) is 50.2 Å². The Kier molecular flexibility index (Phi) is 5.59. The van der Waals surface area contributed by atoms with Crippen LogP contribution in [-0.4, -0.2) is 28.7 Å². The number of hydrogen-bond donors (Lipinski definition) is 2. The number of carbonyl (C=O) groups is 2. The van der Waals surface area contributed by atoms with E-state index in [-0.39, 0.29) is 17.7 Å². The van der Waals surface area contributed by atoms with Crippen LogP contribution in [0, 0.1) is 18.3 Å². The molecule has 0 unspecified atom stereocenters. The third kappa shape index (κ3) is 4.13. The zero-order valence-electron chi connectivity index (χ0n) is 14.4. The number of amides is 3. The fraction of sp³-hybridized carbons (Fsp3) is 0.556. The first-order chi connectivity index (χ1) is 12.1. The molecule has 0 aliphatic heterocycles. The Bertz CT molecular complexity index is 736. The maximum absolute atomic E-state index is 12.0. The lowest BCUT2D eigenvalue weighted by Gasteiger charge is -2.13. The van der Waals surface area contributed by atoms with E-state index in [1.165, 1.54) is 17.3 Å². The Morgan fingerprint density at radius 2 is 2.04 bits per heavy atom. The van der Waals surface area contributed by atoms with Gasteiger partial charge in [0.25, 0.3) is 0 Å². The molecule has 132 valence electrons. The Labute approximate surface area is 151 Å². The summed E-state index contributed by atoms with van der Waals surface area (Å²) in [5.74, 6) is -0.304. The highest BCUT2D eigenvalue weighted by Crippen LogP contribution is 2.31. The summed E-state index contributed by atoms with van der Waals surface area (Å²) in [6.45, 7) is 1.95. The van der Waals surface area contributed by atoms with Crippen molar-refractivity contribution < 1.29 is 9.59 Å². The second-order valence-corrected chi connectivity index (χ2v) is 7.56. The zero-order chi connectivity index (χ0) is 17.8. The number of nitriles is 1. The summed E-state index contributed by atoms with van der Waals surface area (Å²) in [6, 6.07) is 1.95. The van der Waals surface area contributed by atoms with Gasteiger partial charge in [-0.15, -0.1) is 0 Å². The van der Waals surface area contributed by atoms with Gasteiger partial charge in [0.2, 0.25) is 5.91 Å². The molecule has 7 heteroatoms. The molecule has 3 rings (SSSR count). The number of fused-ring (bicyclic) bond motifs is 1. The molecule has 0 saturated heterocycles. The van der Waals surface area contributed by atoms with Gasteiger partial charge in [-0.1, -0.05) is 24.6 Å². The number of rotatable bonds is 4. The zero-order valence-corrected chi connectivity index (χ0v) is 15.2. The van der Waals surface area contributed by atoms with Crippen molar-refractivity contribution in [3.05, 3.63) is 22.4 Å². The van der Waals surface area contributed by atoms with Crippen molar-refractivity contribution in [3.63, 3.8) is 0 Å². The Balaban J connectivity index is 1.58. The maximum atomic E-state index is 12.0. The van der Waals surface area contributed by atoms with Crippen LogP contribution in [0.15, 0.2) is 5.03 Å². The molecule has 0 bridgehead atoms. The monoisotopic (exact) mass is 358 g/mol. The van der Waals surface area contributed by atoms with Crippen LogP contribution in [0.2, 0.25) is 0 Å². The standard InChI is InChI=1S/C18H22N4O2S/c1-11-13-7-4-8-15(13)21-17(14(11)9-19)25-10-16(23)22-18(24)20-12-5-2-3-6-12/h12H,2-8,10H2,1H3,(H2,20,22,23,24). The number of urea groups is 1. The smallest absolute Gasteiger partial charge is 0.321 e. The number of pyridine rings is 1. The molecule has 25 heavy (non-hydrogen) atoms. The third-order valence-electron chi connectivity index (χ3n) is 4.86. The molecule has 2 N–H and O–H groups in total. The number of thioether (sulfide) groups is 1. The van der Waals surface area contributed by atoms with Gasteiger partial charge in [-0.25, -0.2) is 9.78 Å². The van der Waals surface area contributed by atoms with Crippen molar-refractivity contribution in [1.82, 2.24) is 15.6 Å². The predicted octanol–water partition coefficient (Wildman–Crippen LogP) is 2.61. The summed E-state index contributed by atoms with van der Waals surface area (Å²) >= 11 is 1.22. The van der Waals surface area contributed by atoms with Gasteiger partial charge in [0.15, 0.2) is 0 Å². The van der Waals surface area contributed by atoms with Crippen LogP contribution in [0.4, 0.5) is 4.79 Å². The normalized spacial score (nSPS) is 16.3. The van der Waals surface area contributed by atoms with Gasteiger partial charge in [-0.2, -0.15) is 5.26 Å². The summed E-state index contributed by atoms with van der Waals surface area (Å²) in [4.78, 5) is 28.4. The molecule has 1 fully saturated rings. The van der Waals surface area contributed by atoms with Crippen LogP contribution in [-0.2, 0) is 17.6 Å². The molecule has 0 radical (unpaired) electrons. The third-order valence-corrected chi connectivity index (χ3v) is 5.84. The Hall–Kier alpha value is -2.07. The number of aryl methyl sites for hydroxylation is 1. The minimum Gasteiger partial charge on any atom is -0.335 e. The number of imide groups is 1. The van der Waals surface area contributed by atoms with E-state index in [1.54, 1.807) is 0 Å². The van der Waals surface area contributed by atoms with Crippen molar-refractivity contribution in [3.8, 4) is 6.07 Å². The van der Waals surface area contributed by atoms with Crippen molar-refractivity contribution in [2.75, 3.05) is 5.75 Å². The minimum absolute atomic E-state index is 0.0675. The first kappa shape index (κ1) is 17.7. The number of aromatic nitrogens is 1. The van der Waals surface area contributed by atoms with E-state index < -0.39 is 6.03 Å². The van der Waals surface area contributed by atoms with Crippen molar-refractivity contribution in [2.45, 2.75) is 62.9 Å². The maximum Gasteiger partial charge on any atom is 0.321 e. The van der Waals surface area contributed by atoms with E-state index >= 15 is 0 Å². The van der Waals surface area contributed by atoms with Crippen molar-refractivity contribution >= 4 is 23.7 Å². The molecule has 2 aliphatic rings. The van der Waals surface area contributed by atoms with Crippen LogP contribution < -0.4 is 10.6 Å². The molecule has 1 aromatic rings. The average Bonchev–Trinajstić information content (AvgIpc) is 3.24. The van der Waals surface area contributed by atoms with Crippen molar-refractivity contribution in [1.29, 1.82) is 5.26 Å². The largest absolute Gasteiger partial charge is 0.335 e. The first-order valence-electron chi connectivity index (χ1n) is 8.74. The van der Waals surface area contributed by atoms with Gasteiger partial charge in [0.05, 0.1) is 11.3 Å². The highest BCUT2D eigenvalue weighted by Gasteiger charge is 2.22. The summed E-state index contributed by atoms with van der Waals surface area (Å²) in [5.41, 5.74) is 3.75. The highest BCUT2D eigenvalue weighted by molar-refractivity contribution is 8.00. The van der Waals surface area contributed by atoms with Crippen molar-refractivity contribution in [2.24, 2.45) is 0 Å². The van der Waals surface area contributed by atoms with Crippen LogP contribution in [0.25, 0.3) is 0 Å². The SMILES string of the molecule is Cc1c(C#N)c(SCC(=O)NC(=O)NC2CCCC2)nc2c1CCC2. The quantitative estimate of drug-likeness (QED) is 0.807. The molecule has 1 heterocycles. The van der Waals surface area contributed by atoms with Gasteiger partial charge in [-0.3, -0.25) is 10.1 Å². The molecular formula is C18H22N4O2S. The molecule has 3 amide bonds. The minimum atomic E-state index is -0.434. The van der Waals surface area contributed by atoms with Gasteiger partial charge in [0.1, 0.15) is 11.1 Å². The van der Waals surface area contributed by atoms with E-state index in [9.17, 15) is 14.9 Å². The Morgan fingerprint density at radius 3 is 2.76 bits per heavy atom. The van der Waals surface area contributed by atoms with E-state index in [0.717, 1.165) is 56.2 Å². The molecule has 6 nitrogen and oxygen atoms in total. The van der Waals surface area contributed by atoms with Crippen LogP contribution >= 0.6 is 11.8 Å². The molecule has 2 aliphatic carbocycles. The summed E-state index contributed by atoms with van der Waals surface area (Å²) < 4.78 is 0.